The van der Waals surface area contributed by atoms with Gasteiger partial charge < -0.3 is 15.2 Å². The standard InChI is InChI=1S/C18H31N7.HI/c1-12-8-15(11-24(12)16-5-6-16)21-18(19-3)20-9-14-4-7-17-23-22-13(2)25(17)10-14;/h12,14-16H,4-11H2,1-3H3,(H2,19,20,21);1H. The summed E-state index contributed by atoms with van der Waals surface area (Å²) in [6, 6.07) is 2.05. The van der Waals surface area contributed by atoms with Gasteiger partial charge in [-0.05, 0) is 45.4 Å². The molecule has 3 heterocycles. The van der Waals surface area contributed by atoms with Crippen molar-refractivity contribution in [2.45, 2.75) is 70.6 Å². The molecule has 0 spiro atoms. The van der Waals surface area contributed by atoms with E-state index in [1.807, 2.05) is 14.0 Å². The highest BCUT2D eigenvalue weighted by Gasteiger charge is 2.38. The number of fused-ring (bicyclic) bond motifs is 1. The van der Waals surface area contributed by atoms with E-state index < -0.39 is 0 Å². The number of aliphatic imine (C=N–C) groups is 1. The quantitative estimate of drug-likeness (QED) is 0.395. The lowest BCUT2D eigenvalue weighted by Gasteiger charge is -2.25. The molecule has 3 unspecified atom stereocenters. The van der Waals surface area contributed by atoms with Crippen molar-refractivity contribution in [1.29, 1.82) is 0 Å². The zero-order chi connectivity index (χ0) is 17.4. The van der Waals surface area contributed by atoms with E-state index in [0.717, 1.165) is 56.1 Å². The Morgan fingerprint density at radius 1 is 1.23 bits per heavy atom. The fourth-order valence-electron chi connectivity index (χ4n) is 4.40. The maximum Gasteiger partial charge on any atom is 0.191 e. The molecule has 4 rings (SSSR count). The van der Waals surface area contributed by atoms with Crippen LogP contribution in [-0.4, -0.2) is 63.9 Å². The van der Waals surface area contributed by atoms with E-state index in [1.165, 1.54) is 19.3 Å². The van der Waals surface area contributed by atoms with E-state index >= 15 is 0 Å². The highest BCUT2D eigenvalue weighted by atomic mass is 127. The Bertz CT molecular complexity index is 639. The summed E-state index contributed by atoms with van der Waals surface area (Å²) in [5.74, 6) is 3.71. The largest absolute Gasteiger partial charge is 0.356 e. The SMILES string of the molecule is CN=C(NCC1CCc2nnc(C)n2C1)NC1CC(C)N(C2CC2)C1.I. The van der Waals surface area contributed by atoms with E-state index in [9.17, 15) is 0 Å². The number of rotatable bonds is 4. The number of hydrogen-bond donors (Lipinski definition) is 2. The molecular formula is C18H32IN7. The topological polar surface area (TPSA) is 70.4 Å². The van der Waals surface area contributed by atoms with E-state index in [2.05, 4.69) is 42.2 Å². The van der Waals surface area contributed by atoms with Crippen molar-refractivity contribution in [3.05, 3.63) is 11.6 Å². The molecule has 2 N–H and O–H groups in total. The molecule has 26 heavy (non-hydrogen) atoms. The Morgan fingerprint density at radius 2 is 2.04 bits per heavy atom. The third-order valence-corrected chi connectivity index (χ3v) is 5.99. The van der Waals surface area contributed by atoms with Crippen molar-refractivity contribution in [3.8, 4) is 0 Å². The average Bonchev–Trinajstić information content (AvgIpc) is 3.30. The van der Waals surface area contributed by atoms with Gasteiger partial charge in [0.05, 0.1) is 0 Å². The molecule has 0 amide bonds. The number of guanidine groups is 1. The Labute approximate surface area is 173 Å². The van der Waals surface area contributed by atoms with Gasteiger partial charge in [-0.2, -0.15) is 0 Å². The van der Waals surface area contributed by atoms with Crippen molar-refractivity contribution in [2.24, 2.45) is 10.9 Å². The van der Waals surface area contributed by atoms with Crippen molar-refractivity contribution < 1.29 is 0 Å². The second kappa shape index (κ2) is 8.41. The normalized spacial score (nSPS) is 29.2. The van der Waals surface area contributed by atoms with Crippen LogP contribution in [0, 0.1) is 12.8 Å². The fourth-order valence-corrected chi connectivity index (χ4v) is 4.40. The number of halogens is 1. The van der Waals surface area contributed by atoms with Gasteiger partial charge in [-0.15, -0.1) is 34.2 Å². The van der Waals surface area contributed by atoms with Gasteiger partial charge in [-0.1, -0.05) is 0 Å². The van der Waals surface area contributed by atoms with Crippen molar-refractivity contribution in [1.82, 2.24) is 30.3 Å². The molecule has 2 aliphatic heterocycles. The third-order valence-electron chi connectivity index (χ3n) is 5.99. The van der Waals surface area contributed by atoms with Crippen LogP contribution in [0.3, 0.4) is 0 Å². The second-order valence-electron chi connectivity index (χ2n) is 7.99. The minimum Gasteiger partial charge on any atom is -0.356 e. The molecule has 0 aromatic carbocycles. The second-order valence-corrected chi connectivity index (χ2v) is 7.99. The molecule has 1 aromatic rings. The number of aromatic nitrogens is 3. The summed E-state index contributed by atoms with van der Waals surface area (Å²) < 4.78 is 2.26. The van der Waals surface area contributed by atoms with E-state index in [0.29, 0.717) is 18.0 Å². The molecule has 8 heteroatoms. The summed E-state index contributed by atoms with van der Waals surface area (Å²) in [5, 5.41) is 15.6. The Hall–Kier alpha value is -0.900. The first-order valence-electron chi connectivity index (χ1n) is 9.75. The molecule has 146 valence electrons. The lowest BCUT2D eigenvalue weighted by Crippen LogP contribution is -2.46. The molecule has 7 nitrogen and oxygen atoms in total. The molecular weight excluding hydrogens is 441 g/mol. The summed E-state index contributed by atoms with van der Waals surface area (Å²) >= 11 is 0. The molecule has 3 atom stereocenters. The number of hydrogen-bond acceptors (Lipinski definition) is 4. The van der Waals surface area contributed by atoms with Gasteiger partial charge in [0, 0.05) is 51.2 Å². The van der Waals surface area contributed by atoms with Crippen molar-refractivity contribution in [3.63, 3.8) is 0 Å². The zero-order valence-electron chi connectivity index (χ0n) is 16.1. The number of nitrogens with zero attached hydrogens (tertiary/aromatic N) is 5. The third kappa shape index (κ3) is 4.32. The van der Waals surface area contributed by atoms with Crippen LogP contribution in [0.15, 0.2) is 4.99 Å². The van der Waals surface area contributed by atoms with Crippen LogP contribution in [0.4, 0.5) is 0 Å². The predicted octanol–water partition coefficient (Wildman–Crippen LogP) is 1.56. The van der Waals surface area contributed by atoms with Gasteiger partial charge >= 0.3 is 0 Å². The van der Waals surface area contributed by atoms with Gasteiger partial charge in [0.2, 0.25) is 0 Å². The van der Waals surface area contributed by atoms with Crippen LogP contribution in [0.1, 0.15) is 44.3 Å². The van der Waals surface area contributed by atoms with E-state index in [-0.39, 0.29) is 24.0 Å². The maximum absolute atomic E-state index is 4.44. The van der Waals surface area contributed by atoms with Crippen LogP contribution in [0.2, 0.25) is 0 Å². The molecule has 2 fully saturated rings. The molecule has 1 aromatic heterocycles. The Kier molecular flexibility index (Phi) is 6.42. The van der Waals surface area contributed by atoms with Gasteiger partial charge in [0.25, 0.3) is 0 Å². The summed E-state index contributed by atoms with van der Waals surface area (Å²) in [5.41, 5.74) is 0. The first-order valence-corrected chi connectivity index (χ1v) is 9.75. The minimum atomic E-state index is 0. The average molecular weight is 473 g/mol. The van der Waals surface area contributed by atoms with E-state index in [4.69, 9.17) is 0 Å². The summed E-state index contributed by atoms with van der Waals surface area (Å²) in [6.07, 6.45) is 6.17. The van der Waals surface area contributed by atoms with Gasteiger partial charge in [-0.3, -0.25) is 9.89 Å². The van der Waals surface area contributed by atoms with Gasteiger partial charge in [0.15, 0.2) is 5.96 Å². The monoisotopic (exact) mass is 473 g/mol. The predicted molar refractivity (Wildman–Crippen MR) is 114 cm³/mol. The van der Waals surface area contributed by atoms with Crippen LogP contribution in [0.5, 0.6) is 0 Å². The van der Waals surface area contributed by atoms with Crippen molar-refractivity contribution >= 4 is 29.9 Å². The van der Waals surface area contributed by atoms with Crippen LogP contribution < -0.4 is 10.6 Å². The van der Waals surface area contributed by atoms with Crippen LogP contribution in [-0.2, 0) is 13.0 Å². The zero-order valence-corrected chi connectivity index (χ0v) is 18.4. The molecule has 3 aliphatic rings. The number of aryl methyl sites for hydroxylation is 2. The molecule has 1 saturated heterocycles. The maximum atomic E-state index is 4.44. The molecule has 0 bridgehead atoms. The highest BCUT2D eigenvalue weighted by molar-refractivity contribution is 14.0. The van der Waals surface area contributed by atoms with E-state index in [1.54, 1.807) is 0 Å². The lowest BCUT2D eigenvalue weighted by molar-refractivity contribution is 0.256. The minimum absolute atomic E-state index is 0. The van der Waals surface area contributed by atoms with Gasteiger partial charge in [0.1, 0.15) is 11.6 Å². The summed E-state index contributed by atoms with van der Waals surface area (Å²) in [6.45, 7) is 7.51. The van der Waals surface area contributed by atoms with Gasteiger partial charge in [-0.25, -0.2) is 0 Å². The Morgan fingerprint density at radius 3 is 2.77 bits per heavy atom. The number of likely N-dealkylation sites (tertiary alicyclic amines) is 1. The number of nitrogens with one attached hydrogen (secondary N) is 2. The smallest absolute Gasteiger partial charge is 0.191 e. The molecule has 1 aliphatic carbocycles. The first kappa shape index (κ1) is 19.9. The Balaban J connectivity index is 0.00000196. The summed E-state index contributed by atoms with van der Waals surface area (Å²) in [7, 11) is 1.87. The van der Waals surface area contributed by atoms with Crippen LogP contribution >= 0.6 is 24.0 Å². The van der Waals surface area contributed by atoms with Crippen molar-refractivity contribution in [2.75, 3.05) is 20.1 Å². The molecule has 0 radical (unpaired) electrons. The first-order chi connectivity index (χ1) is 12.1. The fraction of sp³-hybridized carbons (Fsp3) is 0.833. The lowest BCUT2D eigenvalue weighted by atomic mass is 9.99. The highest BCUT2D eigenvalue weighted by Crippen LogP contribution is 2.33. The summed E-state index contributed by atoms with van der Waals surface area (Å²) in [4.78, 5) is 7.11. The van der Waals surface area contributed by atoms with Crippen LogP contribution in [0.25, 0.3) is 0 Å². The molecule has 1 saturated carbocycles.